The van der Waals surface area contributed by atoms with Crippen LogP contribution in [-0.2, 0) is 9.59 Å². The van der Waals surface area contributed by atoms with E-state index in [9.17, 15) is 14.4 Å². The van der Waals surface area contributed by atoms with Gasteiger partial charge in [-0.15, -0.1) is 0 Å². The summed E-state index contributed by atoms with van der Waals surface area (Å²) in [7, 11) is 0. The maximum atomic E-state index is 12.0. The van der Waals surface area contributed by atoms with Crippen molar-refractivity contribution in [3.8, 4) is 0 Å². The maximum absolute atomic E-state index is 12.0. The van der Waals surface area contributed by atoms with Crippen molar-refractivity contribution in [3.63, 3.8) is 0 Å². The highest BCUT2D eigenvalue weighted by atomic mass is 16.4. The first-order chi connectivity index (χ1) is 8.82. The molecular formula is C12H20N2O5. The first kappa shape index (κ1) is 15.3. The number of hydrogen-bond donors (Lipinski definition) is 3. The lowest BCUT2D eigenvalue weighted by atomic mass is 10.0. The lowest BCUT2D eigenvalue weighted by molar-refractivity contribution is -0.145. The van der Waals surface area contributed by atoms with Crippen LogP contribution < -0.4 is 5.32 Å². The zero-order valence-corrected chi connectivity index (χ0v) is 11.1. The van der Waals surface area contributed by atoms with Gasteiger partial charge in [0.2, 0.25) is 0 Å². The molecule has 1 aliphatic rings. The van der Waals surface area contributed by atoms with Gasteiger partial charge in [-0.05, 0) is 18.8 Å². The van der Waals surface area contributed by atoms with E-state index in [4.69, 9.17) is 10.2 Å². The maximum Gasteiger partial charge on any atom is 0.326 e. The quantitative estimate of drug-likeness (QED) is 0.684. The van der Waals surface area contributed by atoms with Gasteiger partial charge in [0.15, 0.2) is 0 Å². The zero-order valence-electron chi connectivity index (χ0n) is 11.1. The lowest BCUT2D eigenvalue weighted by Gasteiger charge is -2.28. The average Bonchev–Trinajstić information content (AvgIpc) is 2.76. The standard InChI is InChI=1S/C12H20N2O5/c1-7(2)9-4-3-5-14(9)12(19)13-8(11(17)18)6-10(15)16/h7-9H,3-6H2,1-2H3,(H,13,19)(H,15,16)(H,17,18). The minimum atomic E-state index is -1.39. The molecule has 19 heavy (non-hydrogen) atoms. The van der Waals surface area contributed by atoms with Gasteiger partial charge in [-0.25, -0.2) is 9.59 Å². The number of amides is 2. The molecule has 7 heteroatoms. The molecule has 0 spiro atoms. The number of carbonyl (C=O) groups excluding carboxylic acids is 1. The number of rotatable bonds is 5. The highest BCUT2D eigenvalue weighted by molar-refractivity contribution is 5.86. The van der Waals surface area contributed by atoms with E-state index in [1.807, 2.05) is 13.8 Å². The number of urea groups is 1. The van der Waals surface area contributed by atoms with Crippen LogP contribution in [0, 0.1) is 5.92 Å². The number of nitrogens with one attached hydrogen (secondary N) is 1. The lowest BCUT2D eigenvalue weighted by Crippen LogP contribution is -2.51. The van der Waals surface area contributed by atoms with Crippen molar-refractivity contribution < 1.29 is 24.6 Å². The molecule has 0 aromatic carbocycles. The van der Waals surface area contributed by atoms with E-state index >= 15 is 0 Å². The van der Waals surface area contributed by atoms with E-state index < -0.39 is 30.4 Å². The van der Waals surface area contributed by atoms with E-state index in [0.717, 1.165) is 12.8 Å². The van der Waals surface area contributed by atoms with Gasteiger partial charge in [-0.1, -0.05) is 13.8 Å². The van der Waals surface area contributed by atoms with Crippen molar-refractivity contribution >= 4 is 18.0 Å². The fourth-order valence-electron chi connectivity index (χ4n) is 2.34. The van der Waals surface area contributed by atoms with Crippen LogP contribution in [0.25, 0.3) is 0 Å². The zero-order chi connectivity index (χ0) is 14.6. The van der Waals surface area contributed by atoms with Crippen molar-refractivity contribution in [1.82, 2.24) is 10.2 Å². The normalized spacial score (nSPS) is 20.4. The summed E-state index contributed by atoms with van der Waals surface area (Å²) in [5, 5.41) is 19.8. The van der Waals surface area contributed by atoms with E-state index in [2.05, 4.69) is 5.32 Å². The van der Waals surface area contributed by atoms with Crippen LogP contribution in [0.1, 0.15) is 33.1 Å². The summed E-state index contributed by atoms with van der Waals surface area (Å²) in [4.78, 5) is 35.1. The minimum Gasteiger partial charge on any atom is -0.481 e. The molecule has 7 nitrogen and oxygen atoms in total. The minimum absolute atomic E-state index is 0.0827. The summed E-state index contributed by atoms with van der Waals surface area (Å²) in [6.45, 7) is 4.58. The Kier molecular flexibility index (Phi) is 5.14. The molecule has 2 atom stereocenters. The van der Waals surface area contributed by atoms with Crippen LogP contribution in [0.4, 0.5) is 4.79 Å². The second-order valence-corrected chi connectivity index (χ2v) is 5.09. The Bertz CT molecular complexity index is 369. The van der Waals surface area contributed by atoms with E-state index in [1.165, 1.54) is 0 Å². The number of hydrogen-bond acceptors (Lipinski definition) is 3. The first-order valence-electron chi connectivity index (χ1n) is 6.34. The van der Waals surface area contributed by atoms with Crippen molar-refractivity contribution in [2.45, 2.75) is 45.2 Å². The molecule has 0 radical (unpaired) electrons. The van der Waals surface area contributed by atoms with Gasteiger partial charge < -0.3 is 20.4 Å². The fraction of sp³-hybridized carbons (Fsp3) is 0.750. The molecule has 1 aliphatic heterocycles. The second-order valence-electron chi connectivity index (χ2n) is 5.09. The smallest absolute Gasteiger partial charge is 0.326 e. The van der Waals surface area contributed by atoms with Crippen LogP contribution in [-0.4, -0.2) is 51.7 Å². The highest BCUT2D eigenvalue weighted by Crippen LogP contribution is 2.23. The largest absolute Gasteiger partial charge is 0.481 e. The van der Waals surface area contributed by atoms with Gasteiger partial charge in [-0.3, -0.25) is 4.79 Å². The summed E-state index contributed by atoms with van der Waals surface area (Å²) >= 11 is 0. The molecule has 2 amide bonds. The number of nitrogens with zero attached hydrogens (tertiary/aromatic N) is 1. The molecule has 108 valence electrons. The summed E-state index contributed by atoms with van der Waals surface area (Å²) in [5.41, 5.74) is 0. The van der Waals surface area contributed by atoms with Crippen molar-refractivity contribution in [3.05, 3.63) is 0 Å². The predicted octanol–water partition coefficient (Wildman–Crippen LogP) is 0.744. The van der Waals surface area contributed by atoms with Gasteiger partial charge >= 0.3 is 18.0 Å². The van der Waals surface area contributed by atoms with Gasteiger partial charge in [0.05, 0.1) is 6.42 Å². The molecular weight excluding hydrogens is 252 g/mol. The molecule has 1 rings (SSSR count). The third kappa shape index (κ3) is 4.11. The number of aliphatic carboxylic acids is 2. The Morgan fingerprint density at radius 2 is 1.95 bits per heavy atom. The van der Waals surface area contributed by atoms with Crippen LogP contribution in [0.5, 0.6) is 0 Å². The van der Waals surface area contributed by atoms with E-state index in [1.54, 1.807) is 4.90 Å². The van der Waals surface area contributed by atoms with Crippen LogP contribution in [0.3, 0.4) is 0 Å². The van der Waals surface area contributed by atoms with Gasteiger partial charge in [0.25, 0.3) is 0 Å². The Morgan fingerprint density at radius 1 is 1.32 bits per heavy atom. The Hall–Kier alpha value is -1.79. The summed E-state index contributed by atoms with van der Waals surface area (Å²) in [5.74, 6) is -2.30. The predicted molar refractivity (Wildman–Crippen MR) is 66.8 cm³/mol. The van der Waals surface area contributed by atoms with Crippen molar-refractivity contribution in [2.75, 3.05) is 6.54 Å². The topological polar surface area (TPSA) is 107 Å². The van der Waals surface area contributed by atoms with Crippen LogP contribution in [0.2, 0.25) is 0 Å². The molecule has 0 aromatic rings. The van der Waals surface area contributed by atoms with Crippen molar-refractivity contribution in [2.24, 2.45) is 5.92 Å². The fourth-order valence-corrected chi connectivity index (χ4v) is 2.34. The monoisotopic (exact) mass is 272 g/mol. The average molecular weight is 272 g/mol. The SMILES string of the molecule is CC(C)C1CCCN1C(=O)NC(CC(=O)O)C(=O)O. The van der Waals surface area contributed by atoms with Gasteiger partial charge in [0, 0.05) is 12.6 Å². The number of carboxylic acid groups (broad SMARTS) is 2. The highest BCUT2D eigenvalue weighted by Gasteiger charge is 2.33. The van der Waals surface area contributed by atoms with E-state index in [0.29, 0.717) is 6.54 Å². The second kappa shape index (κ2) is 6.40. The molecule has 0 bridgehead atoms. The van der Waals surface area contributed by atoms with Crippen LogP contribution >= 0.6 is 0 Å². The third-order valence-electron chi connectivity index (χ3n) is 3.30. The number of carbonyl (C=O) groups is 3. The summed E-state index contributed by atoms with van der Waals surface area (Å²) < 4.78 is 0. The summed E-state index contributed by atoms with van der Waals surface area (Å²) in [6.07, 6.45) is 1.15. The Balaban J connectivity index is 2.66. The molecule has 2 unspecified atom stereocenters. The number of likely N-dealkylation sites (tertiary alicyclic amines) is 1. The van der Waals surface area contributed by atoms with E-state index in [-0.39, 0.29) is 12.0 Å². The molecule has 0 aromatic heterocycles. The van der Waals surface area contributed by atoms with Crippen LogP contribution in [0.15, 0.2) is 0 Å². The molecule has 1 saturated heterocycles. The molecule has 0 aliphatic carbocycles. The Labute approximate surface area is 111 Å². The van der Waals surface area contributed by atoms with Gasteiger partial charge in [-0.2, -0.15) is 0 Å². The van der Waals surface area contributed by atoms with Crippen molar-refractivity contribution in [1.29, 1.82) is 0 Å². The molecule has 3 N–H and O–H groups in total. The molecule has 1 fully saturated rings. The first-order valence-corrected chi connectivity index (χ1v) is 6.34. The van der Waals surface area contributed by atoms with Gasteiger partial charge in [0.1, 0.15) is 6.04 Å². The third-order valence-corrected chi connectivity index (χ3v) is 3.30. The molecule has 1 heterocycles. The molecule has 0 saturated carbocycles. The summed E-state index contributed by atoms with van der Waals surface area (Å²) in [6, 6.07) is -1.80. The Morgan fingerprint density at radius 3 is 2.42 bits per heavy atom. The number of carboxylic acids is 2.